The Morgan fingerprint density at radius 1 is 1.19 bits per heavy atom. The molecule has 0 aromatic heterocycles. The molecule has 4 nitrogen and oxygen atoms in total. The zero-order chi connectivity index (χ0) is 12.6. The summed E-state index contributed by atoms with van der Waals surface area (Å²) in [5.41, 5.74) is -0.325. The Balaban J connectivity index is 2.92. The molecular formula is C11H24N2O2S. The zero-order valence-electron chi connectivity index (χ0n) is 11.0. The van der Waals surface area contributed by atoms with Gasteiger partial charge in [-0.2, -0.15) is 17.0 Å². The minimum atomic E-state index is -3.25. The van der Waals surface area contributed by atoms with Crippen molar-refractivity contribution < 1.29 is 8.42 Å². The van der Waals surface area contributed by atoms with Gasteiger partial charge >= 0.3 is 0 Å². The van der Waals surface area contributed by atoms with E-state index in [0.717, 1.165) is 6.42 Å². The lowest BCUT2D eigenvalue weighted by molar-refractivity contribution is 0.189. The second-order valence-electron chi connectivity index (χ2n) is 5.86. The third kappa shape index (κ3) is 2.96. The maximum absolute atomic E-state index is 12.3. The van der Waals surface area contributed by atoms with Crippen LogP contribution in [0.5, 0.6) is 0 Å². The molecule has 1 heterocycles. The highest BCUT2D eigenvalue weighted by Crippen LogP contribution is 2.25. The van der Waals surface area contributed by atoms with E-state index in [1.807, 2.05) is 34.6 Å². The minimum Gasteiger partial charge on any atom is -0.195 e. The molecule has 0 unspecified atom stereocenters. The monoisotopic (exact) mass is 248 g/mol. The Morgan fingerprint density at radius 3 is 2.19 bits per heavy atom. The average molecular weight is 248 g/mol. The summed E-state index contributed by atoms with van der Waals surface area (Å²) in [6, 6.07) is 0. The predicted octanol–water partition coefficient (Wildman–Crippen LogP) is 1.69. The van der Waals surface area contributed by atoms with Crippen LogP contribution in [0.3, 0.4) is 0 Å². The van der Waals surface area contributed by atoms with Crippen molar-refractivity contribution in [2.75, 3.05) is 19.6 Å². The number of hydrogen-bond donors (Lipinski definition) is 0. The van der Waals surface area contributed by atoms with Crippen LogP contribution in [0.25, 0.3) is 0 Å². The van der Waals surface area contributed by atoms with Crippen molar-refractivity contribution in [1.82, 2.24) is 8.61 Å². The summed E-state index contributed by atoms with van der Waals surface area (Å²) in [6.45, 7) is 11.9. The molecule has 1 aliphatic heterocycles. The summed E-state index contributed by atoms with van der Waals surface area (Å²) >= 11 is 0. The summed E-state index contributed by atoms with van der Waals surface area (Å²) in [5.74, 6) is 0.370. The van der Waals surface area contributed by atoms with E-state index in [1.165, 1.54) is 0 Å². The second-order valence-corrected chi connectivity index (χ2v) is 7.71. The molecule has 96 valence electrons. The van der Waals surface area contributed by atoms with Gasteiger partial charge in [-0.1, -0.05) is 13.8 Å². The number of nitrogens with zero attached hydrogens (tertiary/aromatic N) is 2. The molecule has 0 bridgehead atoms. The van der Waals surface area contributed by atoms with Crippen LogP contribution < -0.4 is 0 Å². The topological polar surface area (TPSA) is 40.6 Å². The molecule has 5 heteroatoms. The van der Waals surface area contributed by atoms with E-state index in [1.54, 1.807) is 8.61 Å². The molecule has 0 amide bonds. The molecule has 0 aromatic rings. The lowest BCUT2D eigenvalue weighted by Gasteiger charge is -2.42. The first kappa shape index (κ1) is 13.9. The van der Waals surface area contributed by atoms with E-state index in [-0.39, 0.29) is 5.54 Å². The molecule has 0 aliphatic carbocycles. The van der Waals surface area contributed by atoms with Gasteiger partial charge in [-0.25, -0.2) is 0 Å². The first-order valence-corrected chi connectivity index (χ1v) is 7.33. The molecule has 1 aliphatic rings. The van der Waals surface area contributed by atoms with Crippen molar-refractivity contribution >= 4 is 10.2 Å². The van der Waals surface area contributed by atoms with E-state index >= 15 is 0 Å². The molecule has 1 fully saturated rings. The Hall–Kier alpha value is -0.130. The van der Waals surface area contributed by atoms with Crippen LogP contribution in [0.1, 0.15) is 41.0 Å². The Bertz CT molecular complexity index is 330. The van der Waals surface area contributed by atoms with Crippen molar-refractivity contribution in [3.8, 4) is 0 Å². The quantitative estimate of drug-likeness (QED) is 0.746. The van der Waals surface area contributed by atoms with Gasteiger partial charge in [-0.15, -0.1) is 0 Å². The fourth-order valence-corrected chi connectivity index (χ4v) is 4.21. The largest absolute Gasteiger partial charge is 0.282 e. The van der Waals surface area contributed by atoms with Gasteiger partial charge in [0.25, 0.3) is 10.2 Å². The van der Waals surface area contributed by atoms with Crippen LogP contribution in [-0.4, -0.2) is 42.2 Å². The third-order valence-corrected chi connectivity index (χ3v) is 4.96. The lowest BCUT2D eigenvalue weighted by Crippen LogP contribution is -2.56. The van der Waals surface area contributed by atoms with Gasteiger partial charge in [0.05, 0.1) is 0 Å². The van der Waals surface area contributed by atoms with Gasteiger partial charge in [-0.3, -0.25) is 0 Å². The molecule has 0 spiro atoms. The average Bonchev–Trinajstić information content (AvgIpc) is 2.05. The van der Waals surface area contributed by atoms with Crippen molar-refractivity contribution in [2.45, 2.75) is 46.6 Å². The number of rotatable bonds is 2. The predicted molar refractivity (Wildman–Crippen MR) is 66.4 cm³/mol. The van der Waals surface area contributed by atoms with Crippen molar-refractivity contribution in [3.05, 3.63) is 0 Å². The van der Waals surface area contributed by atoms with Crippen molar-refractivity contribution in [2.24, 2.45) is 5.92 Å². The van der Waals surface area contributed by atoms with E-state index in [0.29, 0.717) is 25.6 Å². The summed E-state index contributed by atoms with van der Waals surface area (Å²) in [7, 11) is -3.25. The van der Waals surface area contributed by atoms with Crippen LogP contribution in [0.4, 0.5) is 0 Å². The maximum Gasteiger partial charge on any atom is 0.282 e. The first-order chi connectivity index (χ1) is 7.15. The highest BCUT2D eigenvalue weighted by atomic mass is 32.2. The third-order valence-electron chi connectivity index (χ3n) is 2.69. The van der Waals surface area contributed by atoms with Gasteiger partial charge in [0, 0.05) is 25.2 Å². The van der Waals surface area contributed by atoms with Crippen LogP contribution >= 0.6 is 0 Å². The summed E-state index contributed by atoms with van der Waals surface area (Å²) < 4.78 is 27.9. The van der Waals surface area contributed by atoms with Crippen molar-refractivity contribution in [3.63, 3.8) is 0 Å². The molecule has 0 atom stereocenters. The van der Waals surface area contributed by atoms with E-state index in [4.69, 9.17) is 0 Å². The van der Waals surface area contributed by atoms with Gasteiger partial charge in [-0.05, 0) is 33.1 Å². The van der Waals surface area contributed by atoms with E-state index in [2.05, 4.69) is 0 Å². The normalized spacial score (nSPS) is 23.9. The number of hydrogen-bond acceptors (Lipinski definition) is 2. The first-order valence-electron chi connectivity index (χ1n) is 5.93. The zero-order valence-corrected chi connectivity index (χ0v) is 11.8. The highest BCUT2D eigenvalue weighted by molar-refractivity contribution is 7.86. The summed E-state index contributed by atoms with van der Waals surface area (Å²) in [4.78, 5) is 0. The molecule has 1 rings (SSSR count). The SMILES string of the molecule is CC(C)CN1CCCN(C(C)(C)C)S1(=O)=O. The molecule has 16 heavy (non-hydrogen) atoms. The van der Waals surface area contributed by atoms with Gasteiger partial charge in [0.1, 0.15) is 0 Å². The van der Waals surface area contributed by atoms with Crippen LogP contribution in [0, 0.1) is 5.92 Å². The highest BCUT2D eigenvalue weighted by Gasteiger charge is 2.39. The fraction of sp³-hybridized carbons (Fsp3) is 1.00. The fourth-order valence-electron chi connectivity index (χ4n) is 2.04. The van der Waals surface area contributed by atoms with Gasteiger partial charge in [0.15, 0.2) is 0 Å². The van der Waals surface area contributed by atoms with E-state index in [9.17, 15) is 8.42 Å². The van der Waals surface area contributed by atoms with Gasteiger partial charge < -0.3 is 0 Å². The Labute approximate surface area is 99.8 Å². The smallest absolute Gasteiger partial charge is 0.195 e. The van der Waals surface area contributed by atoms with E-state index < -0.39 is 10.2 Å². The summed E-state index contributed by atoms with van der Waals surface area (Å²) in [5, 5.41) is 0. The molecular weight excluding hydrogens is 224 g/mol. The summed E-state index contributed by atoms with van der Waals surface area (Å²) in [6.07, 6.45) is 0.920. The van der Waals surface area contributed by atoms with Gasteiger partial charge in [0.2, 0.25) is 0 Å². The molecule has 0 radical (unpaired) electrons. The molecule has 0 saturated carbocycles. The Kier molecular flexibility index (Phi) is 4.03. The lowest BCUT2D eigenvalue weighted by atomic mass is 10.1. The van der Waals surface area contributed by atoms with Crippen molar-refractivity contribution in [1.29, 1.82) is 0 Å². The Morgan fingerprint density at radius 2 is 1.75 bits per heavy atom. The van der Waals surface area contributed by atoms with Crippen LogP contribution in [0.2, 0.25) is 0 Å². The van der Waals surface area contributed by atoms with Crippen LogP contribution in [0.15, 0.2) is 0 Å². The van der Waals surface area contributed by atoms with Crippen LogP contribution in [-0.2, 0) is 10.2 Å². The molecule has 1 saturated heterocycles. The second kappa shape index (κ2) is 4.63. The maximum atomic E-state index is 12.3. The standard InChI is InChI=1S/C11H24N2O2S/c1-10(2)9-12-7-6-8-13(11(3,4)5)16(12,14)15/h10H,6-9H2,1-5H3. The molecule has 0 N–H and O–H groups in total. The molecule has 0 aromatic carbocycles. The minimum absolute atomic E-state index is 0.325.